The van der Waals surface area contributed by atoms with Gasteiger partial charge in [-0.05, 0) is 47.7 Å². The van der Waals surface area contributed by atoms with Crippen molar-refractivity contribution in [1.29, 1.82) is 0 Å². The number of nitrogens with one attached hydrogen (secondary N) is 3. The van der Waals surface area contributed by atoms with E-state index >= 15 is 0 Å². The van der Waals surface area contributed by atoms with E-state index in [1.165, 1.54) is 4.88 Å². The Balaban J connectivity index is 0.00000300. The molecule has 3 rings (SSSR count). The average Bonchev–Trinajstić information content (AvgIpc) is 3.43. The molecule has 0 atom stereocenters. The Morgan fingerprint density at radius 2 is 1.97 bits per heavy atom. The quantitative estimate of drug-likeness (QED) is 0.238. The molecule has 0 bridgehead atoms. The molecule has 3 aromatic rings. The maximum absolute atomic E-state index is 12.3. The average molecular weight is 524 g/mol. The van der Waals surface area contributed by atoms with Crippen molar-refractivity contribution in [3.05, 3.63) is 81.9 Å². The second-order valence-electron chi connectivity index (χ2n) is 6.14. The summed E-state index contributed by atoms with van der Waals surface area (Å²) in [5, 5.41) is 11.5. The highest BCUT2D eigenvalue weighted by atomic mass is 127. The third-order valence-corrected chi connectivity index (χ3v) is 5.06. The summed E-state index contributed by atoms with van der Waals surface area (Å²) in [4.78, 5) is 17.9. The second kappa shape index (κ2) is 12.3. The number of nitrogens with zero attached hydrogens (tertiary/aromatic N) is 1. The van der Waals surface area contributed by atoms with E-state index in [9.17, 15) is 4.79 Å². The Hall–Kier alpha value is -2.33. The first-order valence-corrected chi connectivity index (χ1v) is 9.99. The monoisotopic (exact) mass is 524 g/mol. The normalized spacial score (nSPS) is 10.9. The molecule has 0 fully saturated rings. The van der Waals surface area contributed by atoms with Gasteiger partial charge in [0.2, 0.25) is 0 Å². The van der Waals surface area contributed by atoms with Gasteiger partial charge in [-0.15, -0.1) is 35.3 Å². The lowest BCUT2D eigenvalue weighted by molar-refractivity contribution is 0.0948. The summed E-state index contributed by atoms with van der Waals surface area (Å²) < 4.78 is 5.23. The van der Waals surface area contributed by atoms with Crippen LogP contribution in [0.4, 0.5) is 0 Å². The number of hydrogen-bond acceptors (Lipinski definition) is 4. The standard InChI is InChI=1S/C21H24N4O2S.HI/c1-22-21(23-10-9-19-8-4-12-28-19)25-14-16-5-2-6-17(13-16)20(26)24-15-18-7-3-11-27-18;/h2-8,11-13H,9-10,14-15H2,1H3,(H,24,26)(H2,22,23,25);1H. The van der Waals surface area contributed by atoms with Crippen molar-refractivity contribution in [2.24, 2.45) is 4.99 Å². The number of guanidine groups is 1. The zero-order valence-corrected chi connectivity index (χ0v) is 19.3. The number of rotatable bonds is 8. The van der Waals surface area contributed by atoms with Crippen molar-refractivity contribution < 1.29 is 9.21 Å². The van der Waals surface area contributed by atoms with E-state index < -0.39 is 0 Å². The molecule has 29 heavy (non-hydrogen) atoms. The van der Waals surface area contributed by atoms with Gasteiger partial charge in [-0.3, -0.25) is 9.79 Å². The van der Waals surface area contributed by atoms with Gasteiger partial charge in [0.1, 0.15) is 5.76 Å². The zero-order valence-electron chi connectivity index (χ0n) is 16.2. The fourth-order valence-electron chi connectivity index (χ4n) is 2.67. The number of halogens is 1. The molecule has 3 N–H and O–H groups in total. The van der Waals surface area contributed by atoms with Gasteiger partial charge in [-0.1, -0.05) is 18.2 Å². The molecule has 0 aliphatic carbocycles. The van der Waals surface area contributed by atoms with Gasteiger partial charge >= 0.3 is 0 Å². The molecule has 1 aromatic carbocycles. The van der Waals surface area contributed by atoms with E-state index in [0.717, 1.165) is 30.2 Å². The third kappa shape index (κ3) is 7.54. The molecular weight excluding hydrogens is 499 g/mol. The Morgan fingerprint density at radius 3 is 2.69 bits per heavy atom. The Bertz CT molecular complexity index is 895. The van der Waals surface area contributed by atoms with Gasteiger partial charge in [0.25, 0.3) is 5.91 Å². The molecular formula is C21H25IN4O2S. The molecule has 6 nitrogen and oxygen atoms in total. The summed E-state index contributed by atoms with van der Waals surface area (Å²) in [5.41, 5.74) is 1.62. The smallest absolute Gasteiger partial charge is 0.251 e. The van der Waals surface area contributed by atoms with Gasteiger partial charge < -0.3 is 20.4 Å². The second-order valence-corrected chi connectivity index (χ2v) is 7.18. The number of carbonyl (C=O) groups is 1. The van der Waals surface area contributed by atoms with Gasteiger partial charge in [0.05, 0.1) is 12.8 Å². The lowest BCUT2D eigenvalue weighted by Gasteiger charge is -2.12. The maximum Gasteiger partial charge on any atom is 0.251 e. The first kappa shape index (κ1) is 23.0. The van der Waals surface area contributed by atoms with Crippen LogP contribution in [0, 0.1) is 0 Å². The Morgan fingerprint density at radius 1 is 1.07 bits per heavy atom. The summed E-state index contributed by atoms with van der Waals surface area (Å²) in [6, 6.07) is 15.4. The summed E-state index contributed by atoms with van der Waals surface area (Å²) in [6.07, 6.45) is 2.55. The van der Waals surface area contributed by atoms with E-state index in [1.807, 2.05) is 24.3 Å². The lowest BCUT2D eigenvalue weighted by atomic mass is 10.1. The summed E-state index contributed by atoms with van der Waals surface area (Å²) in [6.45, 7) is 1.77. The Kier molecular flexibility index (Phi) is 9.72. The van der Waals surface area contributed by atoms with Crippen molar-refractivity contribution in [2.75, 3.05) is 13.6 Å². The van der Waals surface area contributed by atoms with Crippen molar-refractivity contribution in [1.82, 2.24) is 16.0 Å². The van der Waals surface area contributed by atoms with E-state index in [2.05, 4.69) is 38.5 Å². The molecule has 0 aliphatic heterocycles. The Labute approximate surface area is 191 Å². The maximum atomic E-state index is 12.3. The molecule has 0 unspecified atom stereocenters. The van der Waals surface area contributed by atoms with Gasteiger partial charge in [-0.25, -0.2) is 0 Å². The van der Waals surface area contributed by atoms with Gasteiger partial charge in [0, 0.05) is 30.6 Å². The molecule has 2 aromatic heterocycles. The number of amides is 1. The summed E-state index contributed by atoms with van der Waals surface area (Å²) >= 11 is 1.76. The molecule has 1 amide bonds. The van der Waals surface area contributed by atoms with Gasteiger partial charge in [0.15, 0.2) is 5.96 Å². The van der Waals surface area contributed by atoms with Crippen molar-refractivity contribution >= 4 is 47.2 Å². The fourth-order valence-corrected chi connectivity index (χ4v) is 3.38. The van der Waals surface area contributed by atoms with Crippen molar-refractivity contribution in [2.45, 2.75) is 19.5 Å². The molecule has 0 radical (unpaired) electrons. The van der Waals surface area contributed by atoms with E-state index in [-0.39, 0.29) is 29.9 Å². The van der Waals surface area contributed by atoms with Crippen LogP contribution in [-0.2, 0) is 19.5 Å². The first-order chi connectivity index (χ1) is 13.7. The van der Waals surface area contributed by atoms with Crippen LogP contribution in [0.3, 0.4) is 0 Å². The fraction of sp³-hybridized carbons (Fsp3) is 0.238. The van der Waals surface area contributed by atoms with Crippen molar-refractivity contribution in [3.63, 3.8) is 0 Å². The molecule has 2 heterocycles. The zero-order chi connectivity index (χ0) is 19.6. The number of carbonyl (C=O) groups excluding carboxylic acids is 1. The van der Waals surface area contributed by atoms with Crippen LogP contribution in [0.25, 0.3) is 0 Å². The minimum absolute atomic E-state index is 0. The highest BCUT2D eigenvalue weighted by molar-refractivity contribution is 14.0. The lowest BCUT2D eigenvalue weighted by Crippen LogP contribution is -2.37. The summed E-state index contributed by atoms with van der Waals surface area (Å²) in [7, 11) is 1.75. The van der Waals surface area contributed by atoms with Crippen molar-refractivity contribution in [3.8, 4) is 0 Å². The molecule has 154 valence electrons. The van der Waals surface area contributed by atoms with E-state index in [1.54, 1.807) is 36.8 Å². The predicted octanol–water partition coefficient (Wildman–Crippen LogP) is 3.80. The van der Waals surface area contributed by atoms with Crippen LogP contribution in [-0.4, -0.2) is 25.5 Å². The molecule has 8 heteroatoms. The van der Waals surface area contributed by atoms with Crippen LogP contribution >= 0.6 is 35.3 Å². The topological polar surface area (TPSA) is 78.7 Å². The molecule has 0 saturated heterocycles. The molecule has 0 spiro atoms. The van der Waals surface area contributed by atoms with E-state index in [0.29, 0.717) is 18.7 Å². The number of aliphatic imine (C=N–C) groups is 1. The number of hydrogen-bond donors (Lipinski definition) is 3. The molecule has 0 aliphatic rings. The highest BCUT2D eigenvalue weighted by Crippen LogP contribution is 2.08. The minimum Gasteiger partial charge on any atom is -0.467 e. The summed E-state index contributed by atoms with van der Waals surface area (Å²) in [5.74, 6) is 1.34. The van der Waals surface area contributed by atoms with Gasteiger partial charge in [-0.2, -0.15) is 0 Å². The molecule has 0 saturated carbocycles. The van der Waals surface area contributed by atoms with Crippen LogP contribution in [0.2, 0.25) is 0 Å². The SMILES string of the molecule is CN=C(NCCc1cccs1)NCc1cccc(C(=O)NCc2ccco2)c1.I. The third-order valence-electron chi connectivity index (χ3n) is 4.12. The van der Waals surface area contributed by atoms with Crippen LogP contribution in [0.5, 0.6) is 0 Å². The van der Waals surface area contributed by atoms with Crippen LogP contribution in [0.15, 0.2) is 69.6 Å². The number of furan rings is 1. The highest BCUT2D eigenvalue weighted by Gasteiger charge is 2.07. The largest absolute Gasteiger partial charge is 0.467 e. The first-order valence-electron chi connectivity index (χ1n) is 9.11. The van der Waals surface area contributed by atoms with Crippen LogP contribution < -0.4 is 16.0 Å². The van der Waals surface area contributed by atoms with Crippen LogP contribution in [0.1, 0.15) is 26.6 Å². The predicted molar refractivity (Wildman–Crippen MR) is 128 cm³/mol. The minimum atomic E-state index is -0.128. The number of thiophene rings is 1. The van der Waals surface area contributed by atoms with E-state index in [4.69, 9.17) is 4.42 Å². The number of benzene rings is 1.